The minimum absolute atomic E-state index is 0.0100. The van der Waals surface area contributed by atoms with Gasteiger partial charge in [0.05, 0.1) is 16.2 Å². The molecule has 1 amide bonds. The number of sulfone groups is 1. The van der Waals surface area contributed by atoms with Crippen molar-refractivity contribution in [2.45, 2.75) is 24.5 Å². The fraction of sp³-hybridized carbons (Fsp3) is 0.231. The molecule has 0 saturated heterocycles. The lowest BCUT2D eigenvalue weighted by atomic mass is 10.1. The Morgan fingerprint density at radius 2 is 1.73 bits per heavy atom. The summed E-state index contributed by atoms with van der Waals surface area (Å²) in [5, 5.41) is 2.60. The van der Waals surface area contributed by atoms with Crippen molar-refractivity contribution in [1.82, 2.24) is 14.8 Å². The molecule has 1 aromatic heterocycles. The number of nitrogens with one attached hydrogen (secondary N) is 1. The maximum Gasteiger partial charge on any atom is 0.416 e. The minimum Gasteiger partial charge on any atom is -0.384 e. The Balaban J connectivity index is 1.77. The van der Waals surface area contributed by atoms with Crippen LogP contribution < -0.4 is 10.9 Å². The minimum atomic E-state index is -4.58. The van der Waals surface area contributed by atoms with E-state index < -0.39 is 33.0 Å². The number of hydrogen-bond donors (Lipinski definition) is 1. The van der Waals surface area contributed by atoms with Gasteiger partial charge in [-0.2, -0.15) is 13.2 Å². The molecule has 0 fully saturated rings. The van der Waals surface area contributed by atoms with Gasteiger partial charge in [-0.1, -0.05) is 24.3 Å². The highest BCUT2D eigenvalue weighted by molar-refractivity contribution is 7.91. The molecule has 3 rings (SSSR count). The lowest BCUT2D eigenvalue weighted by molar-refractivity contribution is -0.137. The van der Waals surface area contributed by atoms with E-state index in [2.05, 4.69) is 5.32 Å². The highest BCUT2D eigenvalue weighted by Crippen LogP contribution is 2.30. The van der Waals surface area contributed by atoms with Crippen molar-refractivity contribution in [1.29, 1.82) is 0 Å². The zero-order valence-corrected chi connectivity index (χ0v) is 21.2. The van der Waals surface area contributed by atoms with Crippen molar-refractivity contribution in [3.8, 4) is 5.69 Å². The number of pyridine rings is 1. The van der Waals surface area contributed by atoms with E-state index in [0.717, 1.165) is 16.7 Å². The van der Waals surface area contributed by atoms with Gasteiger partial charge in [0.2, 0.25) is 0 Å². The predicted octanol–water partition coefficient (Wildman–Crippen LogP) is 3.94. The molecule has 0 unspecified atom stereocenters. The van der Waals surface area contributed by atoms with E-state index in [1.54, 1.807) is 44.3 Å². The maximum absolute atomic E-state index is 13.1. The number of amides is 1. The van der Waals surface area contributed by atoms with Crippen molar-refractivity contribution in [2.24, 2.45) is 0 Å². The van der Waals surface area contributed by atoms with Crippen molar-refractivity contribution in [3.63, 3.8) is 0 Å². The second kappa shape index (κ2) is 11.0. The third-order valence-corrected chi connectivity index (χ3v) is 7.03. The normalized spacial score (nSPS) is 12.1. The van der Waals surface area contributed by atoms with Crippen LogP contribution in [-0.4, -0.2) is 43.6 Å². The Morgan fingerprint density at radius 3 is 2.35 bits per heavy atom. The number of carbonyl (C=O) groups is 1. The second-order valence-electron chi connectivity index (χ2n) is 8.53. The van der Waals surface area contributed by atoms with Gasteiger partial charge in [0, 0.05) is 32.0 Å². The standard InChI is InChI=1S/C26H26F3N3O4S/c1-18-8-13-23(25(34)32(18)21-7-4-6-20(16-21)26(27,28)29)24(33)30-17-19-9-11-22(12-10-19)37(35,36)15-5-14-31(2)3/h4-14,16H,15,17H2,1-3H3,(H,30,33). The molecule has 0 bridgehead atoms. The van der Waals surface area contributed by atoms with Gasteiger partial charge in [-0.25, -0.2) is 8.42 Å². The van der Waals surface area contributed by atoms with E-state index in [1.165, 1.54) is 42.5 Å². The average molecular weight is 534 g/mol. The molecule has 0 aliphatic carbocycles. The van der Waals surface area contributed by atoms with Crippen LogP contribution in [0, 0.1) is 6.92 Å². The van der Waals surface area contributed by atoms with Crippen molar-refractivity contribution >= 4 is 15.7 Å². The number of carbonyl (C=O) groups excluding carboxylic acids is 1. The summed E-state index contributed by atoms with van der Waals surface area (Å²) in [6, 6.07) is 13.1. The van der Waals surface area contributed by atoms with E-state index in [9.17, 15) is 31.2 Å². The zero-order chi connectivity index (χ0) is 27.4. The lowest BCUT2D eigenvalue weighted by Gasteiger charge is -2.14. The molecule has 0 atom stereocenters. The summed E-state index contributed by atoms with van der Waals surface area (Å²) in [6.07, 6.45) is -1.40. The van der Waals surface area contributed by atoms with E-state index in [-0.39, 0.29) is 28.4 Å². The maximum atomic E-state index is 13.1. The first kappa shape index (κ1) is 27.7. The smallest absolute Gasteiger partial charge is 0.384 e. The molecule has 37 heavy (non-hydrogen) atoms. The van der Waals surface area contributed by atoms with Gasteiger partial charge in [-0.15, -0.1) is 0 Å². The predicted molar refractivity (Wildman–Crippen MR) is 134 cm³/mol. The van der Waals surface area contributed by atoms with E-state index in [1.807, 2.05) is 0 Å². The Morgan fingerprint density at radius 1 is 1.05 bits per heavy atom. The Hall–Kier alpha value is -3.86. The van der Waals surface area contributed by atoms with Crippen LogP contribution in [0.1, 0.15) is 27.2 Å². The Labute approximate surface area is 212 Å². The van der Waals surface area contributed by atoms with Gasteiger partial charge in [-0.05, 0) is 61.2 Å². The number of aromatic nitrogens is 1. The SMILES string of the molecule is Cc1ccc(C(=O)NCc2ccc(S(=O)(=O)CC=CN(C)C)cc2)c(=O)n1-c1cccc(C(F)(F)F)c1. The summed E-state index contributed by atoms with van der Waals surface area (Å²) in [7, 11) is 0.0469. The van der Waals surface area contributed by atoms with Crippen LogP contribution in [0.15, 0.2) is 82.6 Å². The third kappa shape index (κ3) is 6.88. The highest BCUT2D eigenvalue weighted by atomic mass is 32.2. The molecule has 7 nitrogen and oxygen atoms in total. The molecule has 0 aliphatic heterocycles. The van der Waals surface area contributed by atoms with Gasteiger partial charge in [-0.3, -0.25) is 14.2 Å². The molecule has 1 N–H and O–H groups in total. The van der Waals surface area contributed by atoms with Gasteiger partial charge in [0.1, 0.15) is 5.56 Å². The highest BCUT2D eigenvalue weighted by Gasteiger charge is 2.30. The van der Waals surface area contributed by atoms with Crippen LogP contribution in [-0.2, 0) is 22.6 Å². The molecule has 0 aliphatic rings. The first-order valence-corrected chi connectivity index (χ1v) is 12.8. The van der Waals surface area contributed by atoms with Gasteiger partial charge in [0.25, 0.3) is 11.5 Å². The number of hydrogen-bond acceptors (Lipinski definition) is 5. The van der Waals surface area contributed by atoms with Gasteiger partial charge in [0.15, 0.2) is 9.84 Å². The van der Waals surface area contributed by atoms with Crippen molar-refractivity contribution in [3.05, 3.63) is 106 Å². The summed E-state index contributed by atoms with van der Waals surface area (Å²) in [4.78, 5) is 27.6. The van der Waals surface area contributed by atoms with Crippen LogP contribution in [0.2, 0.25) is 0 Å². The fourth-order valence-electron chi connectivity index (χ4n) is 3.51. The molecular weight excluding hydrogens is 507 g/mol. The third-order valence-electron chi connectivity index (χ3n) is 5.41. The number of halogens is 3. The summed E-state index contributed by atoms with van der Waals surface area (Å²) in [5.74, 6) is -0.872. The largest absolute Gasteiger partial charge is 0.416 e. The number of alkyl halides is 3. The quantitative estimate of drug-likeness (QED) is 0.474. The van der Waals surface area contributed by atoms with Crippen LogP contribution in [0.3, 0.4) is 0 Å². The summed E-state index contributed by atoms with van der Waals surface area (Å²) < 4.78 is 65.3. The first-order valence-electron chi connectivity index (χ1n) is 11.1. The van der Waals surface area contributed by atoms with E-state index >= 15 is 0 Å². The average Bonchev–Trinajstić information content (AvgIpc) is 2.82. The number of rotatable bonds is 8. The molecule has 0 saturated carbocycles. The molecule has 0 radical (unpaired) electrons. The van der Waals surface area contributed by atoms with Crippen LogP contribution in [0.5, 0.6) is 0 Å². The zero-order valence-electron chi connectivity index (χ0n) is 20.4. The first-order chi connectivity index (χ1) is 17.3. The molecule has 2 aromatic carbocycles. The van der Waals surface area contributed by atoms with Gasteiger partial charge >= 0.3 is 6.18 Å². The number of aryl methyl sites for hydroxylation is 1. The molecular formula is C26H26F3N3O4S. The molecule has 3 aromatic rings. The summed E-state index contributed by atoms with van der Waals surface area (Å²) >= 11 is 0. The molecule has 11 heteroatoms. The Bertz CT molecular complexity index is 1480. The van der Waals surface area contributed by atoms with Crippen molar-refractivity contribution < 1.29 is 26.4 Å². The number of benzene rings is 2. The summed E-state index contributed by atoms with van der Waals surface area (Å²) in [6.45, 7) is 1.56. The lowest BCUT2D eigenvalue weighted by Crippen LogP contribution is -2.33. The van der Waals surface area contributed by atoms with Crippen LogP contribution >= 0.6 is 0 Å². The topological polar surface area (TPSA) is 88.5 Å². The molecule has 196 valence electrons. The second-order valence-corrected chi connectivity index (χ2v) is 10.6. The molecule has 1 heterocycles. The van der Waals surface area contributed by atoms with E-state index in [0.29, 0.717) is 11.3 Å². The fourth-order valence-corrected chi connectivity index (χ4v) is 4.60. The molecule has 0 spiro atoms. The Kier molecular flexibility index (Phi) is 8.27. The van der Waals surface area contributed by atoms with Crippen molar-refractivity contribution in [2.75, 3.05) is 19.8 Å². The summed E-state index contributed by atoms with van der Waals surface area (Å²) in [5.41, 5.74) is -0.965. The van der Waals surface area contributed by atoms with E-state index in [4.69, 9.17) is 0 Å². The van der Waals surface area contributed by atoms with Gasteiger partial charge < -0.3 is 10.2 Å². The van der Waals surface area contributed by atoms with Crippen LogP contribution in [0.4, 0.5) is 13.2 Å². The van der Waals surface area contributed by atoms with Crippen LogP contribution in [0.25, 0.3) is 5.69 Å². The number of nitrogens with zero attached hydrogens (tertiary/aromatic N) is 2. The monoisotopic (exact) mass is 533 g/mol.